The van der Waals surface area contributed by atoms with Crippen LogP contribution in [0.2, 0.25) is 0 Å². The zero-order valence-electron chi connectivity index (χ0n) is 6.85. The van der Waals surface area contributed by atoms with Crippen molar-refractivity contribution in [1.29, 1.82) is 0 Å². The Morgan fingerprint density at radius 2 is 2.00 bits per heavy atom. The molecule has 2 aliphatic carbocycles. The number of nitrogens with two attached hydrogens (primary N) is 1. The van der Waals surface area contributed by atoms with Crippen LogP contribution in [0.3, 0.4) is 0 Å². The van der Waals surface area contributed by atoms with Crippen LogP contribution in [0.1, 0.15) is 38.5 Å². The maximum Gasteiger partial charge on any atom is 0.101 e. The van der Waals surface area contributed by atoms with Crippen molar-refractivity contribution in [2.75, 3.05) is 0 Å². The second kappa shape index (κ2) is 2.44. The first-order valence-corrected chi connectivity index (χ1v) is 4.61. The molecule has 0 bridgehead atoms. The number of hydrogen-bond donors (Lipinski definition) is 1. The Balaban J connectivity index is 1.61. The molecule has 2 saturated carbocycles. The molecule has 0 spiro atoms. The third kappa shape index (κ3) is 1.73. The summed E-state index contributed by atoms with van der Waals surface area (Å²) in [5.41, 5.74) is 6.10. The van der Waals surface area contributed by atoms with Crippen LogP contribution in [0.15, 0.2) is 0 Å². The van der Waals surface area contributed by atoms with E-state index in [9.17, 15) is 4.39 Å². The van der Waals surface area contributed by atoms with E-state index in [2.05, 4.69) is 0 Å². The summed E-state index contributed by atoms with van der Waals surface area (Å²) in [6.07, 6.45) is 5.79. The molecule has 1 nitrogen and oxygen atoms in total. The van der Waals surface area contributed by atoms with Crippen LogP contribution in [0, 0.1) is 5.92 Å². The van der Waals surface area contributed by atoms with Gasteiger partial charge in [0.15, 0.2) is 0 Å². The van der Waals surface area contributed by atoms with Gasteiger partial charge in [-0.15, -0.1) is 0 Å². The molecule has 11 heavy (non-hydrogen) atoms. The Morgan fingerprint density at radius 3 is 2.45 bits per heavy atom. The predicted octanol–water partition coefficient (Wildman–Crippen LogP) is 2.01. The van der Waals surface area contributed by atoms with Crippen LogP contribution in [-0.2, 0) is 0 Å². The number of alkyl halides is 1. The minimum absolute atomic E-state index is 0.182. The Bertz CT molecular complexity index is 148. The van der Waals surface area contributed by atoms with Crippen molar-refractivity contribution >= 4 is 0 Å². The summed E-state index contributed by atoms with van der Waals surface area (Å²) in [6.45, 7) is 0. The molecule has 0 radical (unpaired) electrons. The van der Waals surface area contributed by atoms with E-state index >= 15 is 0 Å². The van der Waals surface area contributed by atoms with Crippen molar-refractivity contribution in [3.05, 3.63) is 0 Å². The molecule has 2 aliphatic rings. The van der Waals surface area contributed by atoms with Crippen molar-refractivity contribution in [2.45, 2.75) is 50.2 Å². The lowest BCUT2D eigenvalue weighted by molar-refractivity contribution is 0.120. The predicted molar refractivity (Wildman–Crippen MR) is 43.0 cm³/mol. The molecule has 0 unspecified atom stereocenters. The molecule has 2 fully saturated rings. The summed E-state index contributed by atoms with van der Waals surface area (Å²) in [6, 6.07) is 0. The SMILES string of the molecule is NC1(CCC2CC(F)C2)CC1. The highest BCUT2D eigenvalue weighted by Crippen LogP contribution is 2.41. The van der Waals surface area contributed by atoms with E-state index in [0.717, 1.165) is 25.7 Å². The Labute approximate surface area is 67.2 Å². The fraction of sp³-hybridized carbons (Fsp3) is 1.00. The van der Waals surface area contributed by atoms with Gasteiger partial charge in [-0.05, 0) is 44.4 Å². The molecule has 0 saturated heterocycles. The quantitative estimate of drug-likeness (QED) is 0.666. The number of rotatable bonds is 3. The van der Waals surface area contributed by atoms with E-state index in [-0.39, 0.29) is 5.54 Å². The van der Waals surface area contributed by atoms with Crippen molar-refractivity contribution < 1.29 is 4.39 Å². The fourth-order valence-corrected chi connectivity index (χ4v) is 1.79. The summed E-state index contributed by atoms with van der Waals surface area (Å²) in [4.78, 5) is 0. The van der Waals surface area contributed by atoms with Gasteiger partial charge in [0.25, 0.3) is 0 Å². The Kier molecular flexibility index (Phi) is 1.67. The zero-order valence-corrected chi connectivity index (χ0v) is 6.85. The second-order valence-electron chi connectivity index (χ2n) is 4.34. The van der Waals surface area contributed by atoms with E-state index < -0.39 is 6.17 Å². The molecule has 2 rings (SSSR count). The molecule has 0 amide bonds. The molecule has 0 aromatic carbocycles. The summed E-state index contributed by atoms with van der Waals surface area (Å²) in [5, 5.41) is 0. The molecule has 0 atom stereocenters. The van der Waals surface area contributed by atoms with Gasteiger partial charge in [-0.2, -0.15) is 0 Å². The Morgan fingerprint density at radius 1 is 1.36 bits per heavy atom. The van der Waals surface area contributed by atoms with Gasteiger partial charge in [-0.3, -0.25) is 0 Å². The molecule has 0 aromatic rings. The average Bonchev–Trinajstić information content (AvgIpc) is 2.59. The highest BCUT2D eigenvalue weighted by atomic mass is 19.1. The molecule has 64 valence electrons. The first kappa shape index (κ1) is 7.53. The van der Waals surface area contributed by atoms with Crippen LogP contribution < -0.4 is 5.73 Å². The van der Waals surface area contributed by atoms with Crippen LogP contribution >= 0.6 is 0 Å². The molecular formula is C9H16FN. The van der Waals surface area contributed by atoms with Gasteiger partial charge in [-0.1, -0.05) is 0 Å². The smallest absolute Gasteiger partial charge is 0.101 e. The van der Waals surface area contributed by atoms with Crippen molar-refractivity contribution in [3.63, 3.8) is 0 Å². The van der Waals surface area contributed by atoms with Gasteiger partial charge in [0, 0.05) is 5.54 Å². The van der Waals surface area contributed by atoms with Gasteiger partial charge in [0.05, 0.1) is 0 Å². The van der Waals surface area contributed by atoms with E-state index in [4.69, 9.17) is 5.73 Å². The van der Waals surface area contributed by atoms with Crippen molar-refractivity contribution in [1.82, 2.24) is 0 Å². The Hall–Kier alpha value is -0.110. The summed E-state index contributed by atoms with van der Waals surface area (Å²) in [5.74, 6) is 0.658. The zero-order chi connectivity index (χ0) is 7.90. The normalized spacial score (nSPS) is 39.8. The monoisotopic (exact) mass is 157 g/mol. The lowest BCUT2D eigenvalue weighted by atomic mass is 9.79. The van der Waals surface area contributed by atoms with Gasteiger partial charge in [-0.25, -0.2) is 4.39 Å². The second-order valence-corrected chi connectivity index (χ2v) is 4.34. The van der Waals surface area contributed by atoms with Crippen LogP contribution in [0.5, 0.6) is 0 Å². The van der Waals surface area contributed by atoms with Crippen LogP contribution in [-0.4, -0.2) is 11.7 Å². The molecule has 0 aromatic heterocycles. The third-order valence-corrected chi connectivity index (χ3v) is 3.12. The maximum absolute atomic E-state index is 12.4. The molecular weight excluding hydrogens is 141 g/mol. The van der Waals surface area contributed by atoms with E-state index in [1.807, 2.05) is 0 Å². The van der Waals surface area contributed by atoms with Gasteiger partial charge < -0.3 is 5.73 Å². The summed E-state index contributed by atoms with van der Waals surface area (Å²) in [7, 11) is 0. The minimum Gasteiger partial charge on any atom is -0.325 e. The van der Waals surface area contributed by atoms with Gasteiger partial charge >= 0.3 is 0 Å². The summed E-state index contributed by atoms with van der Waals surface area (Å²) < 4.78 is 12.4. The van der Waals surface area contributed by atoms with Gasteiger partial charge in [0.2, 0.25) is 0 Å². The summed E-state index contributed by atoms with van der Waals surface area (Å²) >= 11 is 0. The highest BCUT2D eigenvalue weighted by Gasteiger charge is 2.39. The van der Waals surface area contributed by atoms with Crippen LogP contribution in [0.25, 0.3) is 0 Å². The topological polar surface area (TPSA) is 26.0 Å². The average molecular weight is 157 g/mol. The van der Waals surface area contributed by atoms with Crippen LogP contribution in [0.4, 0.5) is 4.39 Å². The largest absolute Gasteiger partial charge is 0.325 e. The first-order valence-electron chi connectivity index (χ1n) is 4.61. The highest BCUT2D eigenvalue weighted by molar-refractivity contribution is 4.99. The lowest BCUT2D eigenvalue weighted by Gasteiger charge is -2.30. The number of halogens is 1. The van der Waals surface area contributed by atoms with E-state index in [1.54, 1.807) is 0 Å². The van der Waals surface area contributed by atoms with E-state index in [1.165, 1.54) is 12.8 Å². The first-order chi connectivity index (χ1) is 5.18. The van der Waals surface area contributed by atoms with Gasteiger partial charge in [0.1, 0.15) is 6.17 Å². The maximum atomic E-state index is 12.4. The molecule has 2 heteroatoms. The lowest BCUT2D eigenvalue weighted by Crippen LogP contribution is -2.28. The molecule has 2 N–H and O–H groups in total. The third-order valence-electron chi connectivity index (χ3n) is 3.12. The molecule has 0 heterocycles. The molecule has 0 aliphatic heterocycles. The van der Waals surface area contributed by atoms with Crippen molar-refractivity contribution in [2.24, 2.45) is 11.7 Å². The fourth-order valence-electron chi connectivity index (χ4n) is 1.79. The minimum atomic E-state index is -0.493. The van der Waals surface area contributed by atoms with E-state index in [0.29, 0.717) is 5.92 Å². The van der Waals surface area contributed by atoms with Crippen molar-refractivity contribution in [3.8, 4) is 0 Å². The number of hydrogen-bond acceptors (Lipinski definition) is 1. The standard InChI is InChI=1S/C9H16FN/c10-8-5-7(6-8)1-2-9(11)3-4-9/h7-8H,1-6,11H2.